The fraction of sp³-hybridized carbons (Fsp3) is 0.600. The minimum Gasteiger partial charge on any atom is -0.475 e. The fourth-order valence-corrected chi connectivity index (χ4v) is 8.74. The Hall–Kier alpha value is -4.58. The van der Waals surface area contributed by atoms with Gasteiger partial charge in [-0.05, 0) is 108 Å². The second-order valence-electron chi connectivity index (χ2n) is 15.4. The summed E-state index contributed by atoms with van der Waals surface area (Å²) in [6.45, 7) is 13.3. The van der Waals surface area contributed by atoms with E-state index >= 15 is 0 Å². The number of aromatic nitrogens is 4. The molecule has 12 nitrogen and oxygen atoms in total. The first-order chi connectivity index (χ1) is 27.6. The molecule has 0 bridgehead atoms. The van der Waals surface area contributed by atoms with E-state index in [-0.39, 0.29) is 47.1 Å². The molecule has 1 N–H and O–H groups in total. The van der Waals surface area contributed by atoms with E-state index in [1.54, 1.807) is 22.5 Å². The van der Waals surface area contributed by atoms with E-state index < -0.39 is 46.9 Å². The van der Waals surface area contributed by atoms with Crippen molar-refractivity contribution in [2.75, 3.05) is 45.9 Å². The zero-order valence-electron chi connectivity index (χ0n) is 32.8. The molecular weight excluding hydrogens is 774 g/mol. The number of hydrogen-bond donors (Lipinski definition) is 1. The number of alkyl halides is 6. The number of esters is 1. The van der Waals surface area contributed by atoms with Crippen LogP contribution in [-0.2, 0) is 55.9 Å². The maximum atomic E-state index is 13.9. The Morgan fingerprint density at radius 1 is 0.707 bits per heavy atom. The second kappa shape index (κ2) is 16.6. The minimum absolute atomic E-state index is 0.0295. The van der Waals surface area contributed by atoms with Crippen LogP contribution in [-0.4, -0.2) is 92.3 Å². The first-order valence-corrected chi connectivity index (χ1v) is 20.0. The van der Waals surface area contributed by atoms with Gasteiger partial charge in [-0.15, -0.1) is 0 Å². The Morgan fingerprint density at radius 2 is 1.12 bits per heavy atom. The SMILES string of the molecule is CCN1CCC(Cn2cc3c(n2)-c2c(oc(C(=O)O)c2C(F)(F)F)CC3)CC1.CCOC(=O)c1oc2c(c1C(F)(F)F)-c1nn(CC3CCN(CC)CC3)cc1CC2. The highest BCUT2D eigenvalue weighted by Gasteiger charge is 2.47. The number of aryl methyl sites for hydroxylation is 4. The van der Waals surface area contributed by atoms with E-state index in [0.717, 1.165) is 70.5 Å². The lowest BCUT2D eigenvalue weighted by molar-refractivity contribution is -0.138. The standard InChI is InChI=1S/C21H26F3N3O3.C19H22F3N3O3/c1-3-26-9-7-13(8-10-26)11-27-12-14-5-6-15-16(18(14)25-27)17(21(22,23)24)19(30-15)20(28)29-4-2;1-2-24-7-5-11(6-8-24)9-25-10-12-3-4-13-14(16(12)23-25)15(19(20,21)22)17(28-13)18(26)27/h12-13H,3-11H2,1-2H3;10-11H,2-9H2,1H3,(H,26,27). The lowest BCUT2D eigenvalue weighted by Crippen LogP contribution is -2.34. The maximum absolute atomic E-state index is 13.9. The highest BCUT2D eigenvalue weighted by Crippen LogP contribution is 2.48. The number of aromatic carboxylic acids is 1. The number of halogens is 6. The smallest absolute Gasteiger partial charge is 0.421 e. The van der Waals surface area contributed by atoms with Crippen molar-refractivity contribution in [2.45, 2.75) is 97.6 Å². The minimum atomic E-state index is -4.82. The van der Waals surface area contributed by atoms with Crippen LogP contribution in [0.4, 0.5) is 26.3 Å². The summed E-state index contributed by atoms with van der Waals surface area (Å²) in [5, 5.41) is 18.1. The molecule has 316 valence electrons. The molecule has 2 fully saturated rings. The van der Waals surface area contributed by atoms with Gasteiger partial charge >= 0.3 is 24.3 Å². The second-order valence-corrected chi connectivity index (χ2v) is 15.4. The van der Waals surface area contributed by atoms with Gasteiger partial charge in [-0.3, -0.25) is 9.36 Å². The van der Waals surface area contributed by atoms with Crippen molar-refractivity contribution in [3.63, 3.8) is 0 Å². The molecule has 18 heteroatoms. The molecule has 0 aromatic carbocycles. The average molecular weight is 823 g/mol. The molecule has 4 aromatic rings. The predicted octanol–water partition coefficient (Wildman–Crippen LogP) is 7.86. The Kier molecular flexibility index (Phi) is 11.9. The van der Waals surface area contributed by atoms with E-state index in [4.69, 9.17) is 18.7 Å². The van der Waals surface area contributed by atoms with Gasteiger partial charge in [0, 0.05) is 38.3 Å². The molecule has 0 amide bonds. The summed E-state index contributed by atoms with van der Waals surface area (Å²) in [6, 6.07) is 0. The molecule has 4 aromatic heterocycles. The molecule has 2 aliphatic carbocycles. The number of furan rings is 2. The number of carbonyl (C=O) groups excluding carboxylic acids is 1. The summed E-state index contributed by atoms with van der Waals surface area (Å²) in [7, 11) is 0. The van der Waals surface area contributed by atoms with Gasteiger partial charge in [0.15, 0.2) is 0 Å². The number of carboxylic acids is 1. The van der Waals surface area contributed by atoms with E-state index in [2.05, 4.69) is 33.8 Å². The molecule has 0 radical (unpaired) electrons. The van der Waals surface area contributed by atoms with E-state index in [1.165, 1.54) is 0 Å². The highest BCUT2D eigenvalue weighted by atomic mass is 19.4. The quantitative estimate of drug-likeness (QED) is 0.132. The van der Waals surface area contributed by atoms with Gasteiger partial charge in [0.1, 0.15) is 22.6 Å². The molecule has 58 heavy (non-hydrogen) atoms. The summed E-state index contributed by atoms with van der Waals surface area (Å²) in [5.41, 5.74) is -0.658. The number of likely N-dealkylation sites (tertiary alicyclic amines) is 2. The van der Waals surface area contributed by atoms with Crippen LogP contribution < -0.4 is 0 Å². The number of hydrogen-bond acceptors (Lipinski definition) is 9. The number of piperidine rings is 2. The van der Waals surface area contributed by atoms with Gasteiger partial charge < -0.3 is 28.5 Å². The van der Waals surface area contributed by atoms with Gasteiger partial charge in [0.05, 0.1) is 29.1 Å². The van der Waals surface area contributed by atoms with Crippen LogP contribution in [0.2, 0.25) is 0 Å². The highest BCUT2D eigenvalue weighted by molar-refractivity contribution is 5.92. The van der Waals surface area contributed by atoms with Gasteiger partial charge in [-0.2, -0.15) is 36.5 Å². The molecule has 0 atom stereocenters. The summed E-state index contributed by atoms with van der Waals surface area (Å²) >= 11 is 0. The first-order valence-electron chi connectivity index (χ1n) is 20.0. The normalized spacial score (nSPS) is 17.9. The monoisotopic (exact) mass is 822 g/mol. The van der Waals surface area contributed by atoms with Crippen molar-refractivity contribution < 1.29 is 54.6 Å². The summed E-state index contributed by atoms with van der Waals surface area (Å²) < 4.78 is 101. The molecule has 0 saturated carbocycles. The van der Waals surface area contributed by atoms with Crippen molar-refractivity contribution in [2.24, 2.45) is 11.8 Å². The van der Waals surface area contributed by atoms with Crippen molar-refractivity contribution in [3.8, 4) is 22.5 Å². The predicted molar refractivity (Wildman–Crippen MR) is 197 cm³/mol. The zero-order valence-corrected chi connectivity index (χ0v) is 32.8. The topological polar surface area (TPSA) is 132 Å². The summed E-state index contributed by atoms with van der Waals surface area (Å²) in [5.74, 6) is -3.54. The van der Waals surface area contributed by atoms with E-state index in [0.29, 0.717) is 49.8 Å². The van der Waals surface area contributed by atoms with Crippen molar-refractivity contribution in [1.82, 2.24) is 29.4 Å². The van der Waals surface area contributed by atoms with Crippen molar-refractivity contribution in [3.05, 3.63) is 57.7 Å². The van der Waals surface area contributed by atoms with E-state index in [1.807, 2.05) is 6.20 Å². The number of rotatable bonds is 9. The molecule has 0 spiro atoms. The van der Waals surface area contributed by atoms with Crippen LogP contribution in [0.1, 0.15) is 101 Å². The number of carboxylic acid groups (broad SMARTS) is 1. The number of carbonyl (C=O) groups is 2. The maximum Gasteiger partial charge on any atom is 0.421 e. The van der Waals surface area contributed by atoms with Crippen LogP contribution >= 0.6 is 0 Å². The molecule has 8 rings (SSSR count). The molecule has 4 aliphatic rings. The number of ether oxygens (including phenoxy) is 1. The third-order valence-electron chi connectivity index (χ3n) is 11.8. The third-order valence-corrected chi connectivity index (χ3v) is 11.8. The summed E-state index contributed by atoms with van der Waals surface area (Å²) in [6.07, 6.45) is -0.194. The molecule has 2 aliphatic heterocycles. The lowest BCUT2D eigenvalue weighted by Gasteiger charge is -2.30. The third kappa shape index (κ3) is 8.44. The zero-order chi connectivity index (χ0) is 41.5. The fourth-order valence-electron chi connectivity index (χ4n) is 8.74. The Labute approximate surface area is 331 Å². The van der Waals surface area contributed by atoms with Crippen LogP contribution in [0.5, 0.6) is 0 Å². The molecule has 2 saturated heterocycles. The molecule has 6 heterocycles. The largest absolute Gasteiger partial charge is 0.475 e. The van der Waals surface area contributed by atoms with Gasteiger partial charge in [0.25, 0.3) is 0 Å². The van der Waals surface area contributed by atoms with Crippen LogP contribution in [0.25, 0.3) is 22.5 Å². The van der Waals surface area contributed by atoms with Crippen LogP contribution in [0.3, 0.4) is 0 Å². The first kappa shape index (κ1) is 41.6. The van der Waals surface area contributed by atoms with Crippen LogP contribution in [0.15, 0.2) is 21.2 Å². The number of nitrogens with zero attached hydrogens (tertiary/aromatic N) is 6. The Morgan fingerprint density at radius 3 is 1.50 bits per heavy atom. The van der Waals surface area contributed by atoms with Gasteiger partial charge in [0.2, 0.25) is 11.5 Å². The molecular formula is C40H48F6N6O6. The number of fused-ring (bicyclic) bond motifs is 6. The molecule has 0 unspecified atom stereocenters. The van der Waals surface area contributed by atoms with Gasteiger partial charge in [-0.25, -0.2) is 9.59 Å². The van der Waals surface area contributed by atoms with E-state index in [9.17, 15) is 35.9 Å². The average Bonchev–Trinajstić information content (AvgIpc) is 3.97. The van der Waals surface area contributed by atoms with Gasteiger partial charge in [-0.1, -0.05) is 13.8 Å². The lowest BCUT2D eigenvalue weighted by atomic mass is 9.93. The Bertz CT molecular complexity index is 2110. The van der Waals surface area contributed by atoms with Crippen molar-refractivity contribution >= 4 is 11.9 Å². The summed E-state index contributed by atoms with van der Waals surface area (Å²) in [4.78, 5) is 28.2. The van der Waals surface area contributed by atoms with Crippen molar-refractivity contribution in [1.29, 1.82) is 0 Å². The van der Waals surface area contributed by atoms with Crippen LogP contribution in [0, 0.1) is 11.8 Å². The Balaban J connectivity index is 0.000000177.